The molecule has 3 heterocycles. The molecule has 0 atom stereocenters. The average Bonchev–Trinajstić information content (AvgIpc) is 3.19. The van der Waals surface area contributed by atoms with Gasteiger partial charge in [0, 0.05) is 11.3 Å². The SMILES string of the molecule is CCc1noc(C)c1CSc1n[nH]c2nc3ccccc3n12. The summed E-state index contributed by atoms with van der Waals surface area (Å²) in [6.45, 7) is 4.04. The minimum atomic E-state index is 0.765. The molecule has 0 spiro atoms. The van der Waals surface area contributed by atoms with Crippen molar-refractivity contribution in [1.82, 2.24) is 24.7 Å². The Bertz CT molecular complexity index is 951. The summed E-state index contributed by atoms with van der Waals surface area (Å²) < 4.78 is 7.34. The summed E-state index contributed by atoms with van der Waals surface area (Å²) in [5, 5.41) is 12.4. The van der Waals surface area contributed by atoms with Crippen molar-refractivity contribution in [2.24, 2.45) is 0 Å². The molecule has 0 aliphatic rings. The van der Waals surface area contributed by atoms with Gasteiger partial charge in [-0.3, -0.25) is 4.40 Å². The van der Waals surface area contributed by atoms with Gasteiger partial charge in [0.2, 0.25) is 5.78 Å². The molecule has 0 amide bonds. The van der Waals surface area contributed by atoms with E-state index >= 15 is 0 Å². The Balaban J connectivity index is 1.71. The van der Waals surface area contributed by atoms with Crippen molar-refractivity contribution in [2.45, 2.75) is 31.2 Å². The third kappa shape index (κ3) is 2.00. The molecular formula is C15H15N5OS. The summed E-state index contributed by atoms with van der Waals surface area (Å²) in [5.41, 5.74) is 4.21. The molecule has 0 aliphatic heterocycles. The molecule has 0 aliphatic carbocycles. The van der Waals surface area contributed by atoms with Crippen molar-refractivity contribution in [2.75, 3.05) is 0 Å². The zero-order chi connectivity index (χ0) is 15.1. The molecule has 1 N–H and O–H groups in total. The number of hydrogen-bond donors (Lipinski definition) is 1. The van der Waals surface area contributed by atoms with E-state index in [1.165, 1.54) is 0 Å². The van der Waals surface area contributed by atoms with E-state index < -0.39 is 0 Å². The molecular weight excluding hydrogens is 298 g/mol. The number of imidazole rings is 1. The second kappa shape index (κ2) is 5.17. The highest BCUT2D eigenvalue weighted by atomic mass is 32.2. The lowest BCUT2D eigenvalue weighted by molar-refractivity contribution is 0.390. The number of thioether (sulfide) groups is 1. The average molecular weight is 313 g/mol. The number of nitrogens with zero attached hydrogens (tertiary/aromatic N) is 4. The fourth-order valence-corrected chi connectivity index (χ4v) is 3.64. The number of para-hydroxylation sites is 2. The molecule has 0 fully saturated rings. The van der Waals surface area contributed by atoms with E-state index in [0.29, 0.717) is 0 Å². The van der Waals surface area contributed by atoms with Gasteiger partial charge in [-0.2, -0.15) is 0 Å². The van der Waals surface area contributed by atoms with E-state index in [9.17, 15) is 0 Å². The maximum atomic E-state index is 5.29. The Labute approximate surface area is 130 Å². The number of hydrogen-bond acceptors (Lipinski definition) is 5. The first-order valence-electron chi connectivity index (χ1n) is 7.16. The van der Waals surface area contributed by atoms with Crippen LogP contribution in [0, 0.1) is 6.92 Å². The molecule has 1 aromatic carbocycles. The summed E-state index contributed by atoms with van der Waals surface area (Å²) in [6, 6.07) is 8.06. The fourth-order valence-electron chi connectivity index (χ4n) is 2.58. The third-order valence-electron chi connectivity index (χ3n) is 3.75. The van der Waals surface area contributed by atoms with Gasteiger partial charge in [-0.1, -0.05) is 36.0 Å². The van der Waals surface area contributed by atoms with Crippen molar-refractivity contribution < 1.29 is 4.52 Å². The van der Waals surface area contributed by atoms with Gasteiger partial charge in [-0.15, -0.1) is 5.10 Å². The normalized spacial score (nSPS) is 11.7. The molecule has 0 radical (unpaired) electrons. The van der Waals surface area contributed by atoms with Crippen molar-refractivity contribution in [3.63, 3.8) is 0 Å². The van der Waals surface area contributed by atoms with Crippen LogP contribution in [-0.4, -0.2) is 24.7 Å². The largest absolute Gasteiger partial charge is 0.361 e. The summed E-state index contributed by atoms with van der Waals surface area (Å²) in [7, 11) is 0. The van der Waals surface area contributed by atoms with Gasteiger partial charge in [0.05, 0.1) is 16.7 Å². The standard InChI is InChI=1S/C15H15N5OS/c1-3-11-10(9(2)21-19-11)8-22-15-18-17-14-16-12-6-4-5-7-13(12)20(14)15/h4-7H,3,8H2,1-2H3,(H,16,17). The summed E-state index contributed by atoms with van der Waals surface area (Å²) >= 11 is 1.66. The zero-order valence-electron chi connectivity index (χ0n) is 12.3. The predicted octanol–water partition coefficient (Wildman–Crippen LogP) is 3.36. The van der Waals surface area contributed by atoms with Gasteiger partial charge >= 0.3 is 0 Å². The van der Waals surface area contributed by atoms with E-state index in [4.69, 9.17) is 4.52 Å². The van der Waals surface area contributed by atoms with Crippen molar-refractivity contribution in [3.05, 3.63) is 41.3 Å². The molecule has 7 heteroatoms. The Kier molecular flexibility index (Phi) is 3.15. The van der Waals surface area contributed by atoms with Crippen molar-refractivity contribution in [1.29, 1.82) is 0 Å². The molecule has 112 valence electrons. The maximum Gasteiger partial charge on any atom is 0.231 e. The van der Waals surface area contributed by atoms with Crippen LogP contribution in [0.5, 0.6) is 0 Å². The topological polar surface area (TPSA) is 72.0 Å². The van der Waals surface area contributed by atoms with Gasteiger partial charge in [-0.05, 0) is 25.5 Å². The molecule has 6 nitrogen and oxygen atoms in total. The Morgan fingerprint density at radius 3 is 3.05 bits per heavy atom. The number of aromatic nitrogens is 5. The van der Waals surface area contributed by atoms with E-state index in [1.54, 1.807) is 11.8 Å². The maximum absolute atomic E-state index is 5.29. The second-order valence-electron chi connectivity index (χ2n) is 5.07. The smallest absolute Gasteiger partial charge is 0.231 e. The summed E-state index contributed by atoms with van der Waals surface area (Å²) in [6.07, 6.45) is 0.872. The minimum Gasteiger partial charge on any atom is -0.361 e. The molecule has 0 unspecified atom stereocenters. The van der Waals surface area contributed by atoms with Gasteiger partial charge in [0.1, 0.15) is 5.76 Å². The van der Waals surface area contributed by atoms with Gasteiger partial charge in [0.25, 0.3) is 0 Å². The molecule has 0 bridgehead atoms. The minimum absolute atomic E-state index is 0.765. The highest BCUT2D eigenvalue weighted by Crippen LogP contribution is 2.28. The quantitative estimate of drug-likeness (QED) is 0.585. The van der Waals surface area contributed by atoms with Crippen LogP contribution in [0.4, 0.5) is 0 Å². The Hall–Kier alpha value is -2.28. The number of fused-ring (bicyclic) bond motifs is 3. The summed E-state index contributed by atoms with van der Waals surface area (Å²) in [5.74, 6) is 2.43. The van der Waals surface area contributed by atoms with Crippen LogP contribution in [0.25, 0.3) is 16.8 Å². The van der Waals surface area contributed by atoms with Gasteiger partial charge in [0.15, 0.2) is 5.16 Å². The number of aryl methyl sites for hydroxylation is 2. The first-order valence-corrected chi connectivity index (χ1v) is 8.15. The highest BCUT2D eigenvalue weighted by molar-refractivity contribution is 7.98. The van der Waals surface area contributed by atoms with Crippen LogP contribution < -0.4 is 0 Å². The monoisotopic (exact) mass is 313 g/mol. The number of nitrogens with one attached hydrogen (secondary N) is 1. The molecule has 0 saturated heterocycles. The lowest BCUT2D eigenvalue weighted by Gasteiger charge is -2.00. The molecule has 22 heavy (non-hydrogen) atoms. The van der Waals surface area contributed by atoms with Gasteiger partial charge < -0.3 is 4.52 Å². The summed E-state index contributed by atoms with van der Waals surface area (Å²) in [4.78, 5) is 4.53. The van der Waals surface area contributed by atoms with E-state index in [-0.39, 0.29) is 0 Å². The lowest BCUT2D eigenvalue weighted by Crippen LogP contribution is -1.91. The van der Waals surface area contributed by atoms with Crippen LogP contribution in [0.15, 0.2) is 33.9 Å². The van der Waals surface area contributed by atoms with Crippen LogP contribution in [-0.2, 0) is 12.2 Å². The number of benzene rings is 1. The molecule has 3 aromatic heterocycles. The van der Waals surface area contributed by atoms with Crippen LogP contribution in [0.3, 0.4) is 0 Å². The first kappa shape index (κ1) is 13.4. The van der Waals surface area contributed by atoms with E-state index in [1.807, 2.05) is 25.1 Å². The number of rotatable bonds is 4. The lowest BCUT2D eigenvalue weighted by atomic mass is 10.2. The first-order chi connectivity index (χ1) is 10.8. The van der Waals surface area contributed by atoms with Crippen molar-refractivity contribution >= 4 is 28.6 Å². The van der Waals surface area contributed by atoms with Crippen LogP contribution in [0.2, 0.25) is 0 Å². The highest BCUT2D eigenvalue weighted by Gasteiger charge is 2.15. The second-order valence-corrected chi connectivity index (χ2v) is 6.01. The third-order valence-corrected chi connectivity index (χ3v) is 4.72. The van der Waals surface area contributed by atoms with Crippen molar-refractivity contribution in [3.8, 4) is 0 Å². The van der Waals surface area contributed by atoms with Crippen LogP contribution in [0.1, 0.15) is 23.9 Å². The molecule has 4 aromatic rings. The Morgan fingerprint density at radius 1 is 1.32 bits per heavy atom. The zero-order valence-corrected chi connectivity index (χ0v) is 13.1. The number of aromatic amines is 1. The predicted molar refractivity (Wildman–Crippen MR) is 85.0 cm³/mol. The Morgan fingerprint density at radius 2 is 2.18 bits per heavy atom. The van der Waals surface area contributed by atoms with E-state index in [2.05, 4.69) is 37.7 Å². The molecule has 0 saturated carbocycles. The fraction of sp³-hybridized carbons (Fsp3) is 0.267. The van der Waals surface area contributed by atoms with Crippen LogP contribution >= 0.6 is 11.8 Å². The number of H-pyrrole nitrogens is 1. The molecule has 4 rings (SSSR count). The van der Waals surface area contributed by atoms with E-state index in [0.717, 1.165) is 51.2 Å². The van der Waals surface area contributed by atoms with Gasteiger partial charge in [-0.25, -0.2) is 10.1 Å².